The third-order valence-corrected chi connectivity index (χ3v) is 2.93. The van der Waals surface area contributed by atoms with E-state index < -0.39 is 0 Å². The maximum atomic E-state index is 8.57. The van der Waals surface area contributed by atoms with Gasteiger partial charge in [0.25, 0.3) is 0 Å². The van der Waals surface area contributed by atoms with Crippen LogP contribution in [0.15, 0.2) is 23.5 Å². The Morgan fingerprint density at radius 3 is 2.89 bits per heavy atom. The molecule has 0 atom stereocenters. The van der Waals surface area contributed by atoms with Crippen LogP contribution in [-0.4, -0.2) is 40.6 Å². The molecule has 106 valence electrons. The first-order valence-corrected chi connectivity index (χ1v) is 6.26. The first-order chi connectivity index (χ1) is 9.08. The first kappa shape index (κ1) is 15.2. The van der Waals surface area contributed by atoms with Crippen LogP contribution in [0.5, 0.6) is 5.88 Å². The fourth-order valence-corrected chi connectivity index (χ4v) is 1.78. The zero-order chi connectivity index (χ0) is 14.3. The molecule has 0 saturated heterocycles. The van der Waals surface area contributed by atoms with Crippen LogP contribution in [0.25, 0.3) is 0 Å². The highest BCUT2D eigenvalue weighted by molar-refractivity contribution is 5.79. The summed E-state index contributed by atoms with van der Waals surface area (Å²) in [5, 5.41) is 11.6. The minimum Gasteiger partial charge on any atom is -0.481 e. The number of ether oxygens (including phenoxy) is 1. The minimum atomic E-state index is 0.240. The van der Waals surface area contributed by atoms with Crippen LogP contribution in [0.1, 0.15) is 25.8 Å². The Morgan fingerprint density at radius 2 is 2.32 bits per heavy atom. The number of methoxy groups -OCH3 is 1. The molecule has 0 spiro atoms. The third kappa shape index (κ3) is 4.75. The summed E-state index contributed by atoms with van der Waals surface area (Å²) < 4.78 is 5.25. The number of nitrogens with zero attached hydrogens (tertiary/aromatic N) is 3. The van der Waals surface area contributed by atoms with Crippen molar-refractivity contribution in [3.05, 3.63) is 23.9 Å². The number of hydrogen-bond donors (Lipinski definition) is 2. The summed E-state index contributed by atoms with van der Waals surface area (Å²) in [6.45, 7) is 5.64. The zero-order valence-electron chi connectivity index (χ0n) is 11.7. The predicted molar refractivity (Wildman–Crippen MR) is 74.4 cm³/mol. The number of rotatable bonds is 7. The molecular formula is C13H22N4O2. The highest BCUT2D eigenvalue weighted by Crippen LogP contribution is 2.17. The molecule has 0 amide bonds. The molecule has 0 unspecified atom stereocenters. The summed E-state index contributed by atoms with van der Waals surface area (Å²) in [5.74, 6) is 0.876. The van der Waals surface area contributed by atoms with Crippen molar-refractivity contribution in [2.24, 2.45) is 10.9 Å². The van der Waals surface area contributed by atoms with Crippen molar-refractivity contribution in [3.63, 3.8) is 0 Å². The van der Waals surface area contributed by atoms with E-state index in [0.29, 0.717) is 31.4 Å². The topological polar surface area (TPSA) is 84.0 Å². The zero-order valence-corrected chi connectivity index (χ0v) is 11.7. The third-order valence-electron chi connectivity index (χ3n) is 2.93. The highest BCUT2D eigenvalue weighted by atomic mass is 16.5. The van der Waals surface area contributed by atoms with Crippen molar-refractivity contribution >= 4 is 5.84 Å². The highest BCUT2D eigenvalue weighted by Gasteiger charge is 2.13. The van der Waals surface area contributed by atoms with E-state index in [0.717, 1.165) is 5.56 Å². The number of pyridine rings is 1. The lowest BCUT2D eigenvalue weighted by atomic mass is 10.2. The van der Waals surface area contributed by atoms with Gasteiger partial charge in [0.1, 0.15) is 5.84 Å². The van der Waals surface area contributed by atoms with E-state index in [1.54, 1.807) is 13.3 Å². The summed E-state index contributed by atoms with van der Waals surface area (Å²) >= 11 is 0. The second kappa shape index (κ2) is 7.58. The van der Waals surface area contributed by atoms with E-state index >= 15 is 0 Å². The van der Waals surface area contributed by atoms with Gasteiger partial charge < -0.3 is 15.7 Å². The van der Waals surface area contributed by atoms with E-state index in [2.05, 4.69) is 28.9 Å². The molecule has 6 nitrogen and oxygen atoms in total. The van der Waals surface area contributed by atoms with Gasteiger partial charge in [-0.25, -0.2) is 4.98 Å². The van der Waals surface area contributed by atoms with Gasteiger partial charge in [-0.05, 0) is 19.9 Å². The van der Waals surface area contributed by atoms with Gasteiger partial charge in [-0.1, -0.05) is 11.2 Å². The van der Waals surface area contributed by atoms with Crippen molar-refractivity contribution in [1.82, 2.24) is 9.88 Å². The molecule has 0 aliphatic heterocycles. The van der Waals surface area contributed by atoms with Gasteiger partial charge in [0.2, 0.25) is 5.88 Å². The van der Waals surface area contributed by atoms with E-state index in [9.17, 15) is 0 Å². The second-order valence-electron chi connectivity index (χ2n) is 4.58. The molecule has 1 rings (SSSR count). The predicted octanol–water partition coefficient (Wildman–Crippen LogP) is 1.44. The molecule has 0 bridgehead atoms. The average molecular weight is 266 g/mol. The quantitative estimate of drug-likeness (QED) is 0.337. The molecule has 0 aliphatic carbocycles. The Labute approximate surface area is 113 Å². The van der Waals surface area contributed by atoms with Crippen LogP contribution in [-0.2, 0) is 6.54 Å². The lowest BCUT2D eigenvalue weighted by Crippen LogP contribution is -2.33. The maximum absolute atomic E-state index is 8.57. The number of amidine groups is 1. The molecule has 0 fully saturated rings. The minimum absolute atomic E-state index is 0.240. The van der Waals surface area contributed by atoms with Crippen LogP contribution < -0.4 is 10.5 Å². The lowest BCUT2D eigenvalue weighted by molar-refractivity contribution is 0.214. The molecule has 1 aromatic rings. The van der Waals surface area contributed by atoms with Crippen LogP contribution in [0.2, 0.25) is 0 Å². The van der Waals surface area contributed by atoms with Crippen molar-refractivity contribution in [3.8, 4) is 5.88 Å². The number of nitrogens with two attached hydrogens (primary N) is 1. The Hall–Kier alpha value is -1.82. The monoisotopic (exact) mass is 266 g/mol. The van der Waals surface area contributed by atoms with Gasteiger partial charge in [0.15, 0.2) is 0 Å². The van der Waals surface area contributed by atoms with Gasteiger partial charge in [-0.2, -0.15) is 0 Å². The average Bonchev–Trinajstić information content (AvgIpc) is 2.42. The van der Waals surface area contributed by atoms with Crippen molar-refractivity contribution in [2.45, 2.75) is 32.9 Å². The summed E-state index contributed by atoms with van der Waals surface area (Å²) in [6.07, 6.45) is 2.23. The Bertz CT molecular complexity index is 421. The van der Waals surface area contributed by atoms with E-state index in [4.69, 9.17) is 15.7 Å². The van der Waals surface area contributed by atoms with Gasteiger partial charge in [-0.15, -0.1) is 0 Å². The van der Waals surface area contributed by atoms with Crippen LogP contribution in [0, 0.1) is 0 Å². The Morgan fingerprint density at radius 1 is 1.58 bits per heavy atom. The van der Waals surface area contributed by atoms with E-state index in [1.165, 1.54) is 0 Å². The van der Waals surface area contributed by atoms with Gasteiger partial charge in [0.05, 0.1) is 7.11 Å². The largest absolute Gasteiger partial charge is 0.481 e. The summed E-state index contributed by atoms with van der Waals surface area (Å²) in [5.41, 5.74) is 6.53. The molecule has 3 N–H and O–H groups in total. The van der Waals surface area contributed by atoms with Gasteiger partial charge >= 0.3 is 0 Å². The van der Waals surface area contributed by atoms with Crippen molar-refractivity contribution in [2.75, 3.05) is 13.7 Å². The normalized spacial score (nSPS) is 12.2. The molecule has 0 aliphatic rings. The van der Waals surface area contributed by atoms with Crippen LogP contribution in [0.4, 0.5) is 0 Å². The van der Waals surface area contributed by atoms with Crippen LogP contribution in [0.3, 0.4) is 0 Å². The van der Waals surface area contributed by atoms with Gasteiger partial charge in [-0.3, -0.25) is 4.90 Å². The molecule has 1 aromatic heterocycles. The number of hydrogen-bond acceptors (Lipinski definition) is 5. The molecule has 6 heteroatoms. The Balaban J connectivity index is 2.72. The van der Waals surface area contributed by atoms with Gasteiger partial charge in [0, 0.05) is 37.3 Å². The standard InChI is InChI=1S/C13H22N4O2/c1-10(2)17(8-6-12(14)16-18)9-11-5-4-7-15-13(11)19-3/h4-5,7,10,18H,6,8-9H2,1-3H3,(H2,14,16). The fraction of sp³-hybridized carbons (Fsp3) is 0.538. The number of oxime groups is 1. The van der Waals surface area contributed by atoms with Crippen molar-refractivity contribution < 1.29 is 9.94 Å². The Kier molecular flexibility index (Phi) is 6.08. The lowest BCUT2D eigenvalue weighted by Gasteiger charge is -2.26. The molecule has 1 heterocycles. The molecule has 0 aromatic carbocycles. The SMILES string of the molecule is COc1ncccc1CN(CCC(N)=NO)C(C)C. The molecular weight excluding hydrogens is 244 g/mol. The summed E-state index contributed by atoms with van der Waals surface area (Å²) in [7, 11) is 1.61. The second-order valence-corrected chi connectivity index (χ2v) is 4.58. The maximum Gasteiger partial charge on any atom is 0.217 e. The molecule has 0 radical (unpaired) electrons. The van der Waals surface area contributed by atoms with E-state index in [-0.39, 0.29) is 5.84 Å². The van der Waals surface area contributed by atoms with E-state index in [1.807, 2.05) is 12.1 Å². The smallest absolute Gasteiger partial charge is 0.217 e. The van der Waals surface area contributed by atoms with Crippen LogP contribution >= 0.6 is 0 Å². The summed E-state index contributed by atoms with van der Waals surface area (Å²) in [4.78, 5) is 6.40. The first-order valence-electron chi connectivity index (χ1n) is 6.26. The molecule has 19 heavy (non-hydrogen) atoms. The molecule has 0 saturated carbocycles. The fourth-order valence-electron chi connectivity index (χ4n) is 1.78. The number of aromatic nitrogens is 1. The summed E-state index contributed by atoms with van der Waals surface area (Å²) in [6, 6.07) is 4.22. The van der Waals surface area contributed by atoms with Crippen molar-refractivity contribution in [1.29, 1.82) is 0 Å².